The molecule has 0 unspecified atom stereocenters. The molecule has 0 N–H and O–H groups in total. The van der Waals surface area contributed by atoms with Crippen LogP contribution in [0.25, 0.3) is 0 Å². The third-order valence-corrected chi connectivity index (χ3v) is 6.94. The lowest BCUT2D eigenvalue weighted by Gasteiger charge is -2.38. The van der Waals surface area contributed by atoms with Crippen molar-refractivity contribution in [1.29, 1.82) is 0 Å². The second-order valence-electron chi connectivity index (χ2n) is 7.87. The number of methoxy groups -OCH3 is 1. The van der Waals surface area contributed by atoms with Crippen LogP contribution >= 0.6 is 11.8 Å². The van der Waals surface area contributed by atoms with Crippen molar-refractivity contribution in [2.75, 3.05) is 26.2 Å². The highest BCUT2D eigenvalue weighted by Crippen LogP contribution is 2.45. The molecule has 1 aliphatic carbocycles. The zero-order valence-electron chi connectivity index (χ0n) is 18.6. The fourth-order valence-corrected chi connectivity index (χ4v) is 5.45. The summed E-state index contributed by atoms with van der Waals surface area (Å²) in [6.45, 7) is 2.43. The number of aromatic nitrogens is 2. The van der Waals surface area contributed by atoms with Gasteiger partial charge in [-0.15, -0.1) is 0 Å². The molecule has 10 heteroatoms. The van der Waals surface area contributed by atoms with Crippen LogP contribution in [-0.4, -0.2) is 62.5 Å². The highest BCUT2D eigenvalue weighted by molar-refractivity contribution is 7.98. The Morgan fingerprint density at radius 2 is 1.91 bits per heavy atom. The average Bonchev–Trinajstić information content (AvgIpc) is 2.77. The number of thioether (sulfide) groups is 1. The third-order valence-electron chi connectivity index (χ3n) is 5.75. The van der Waals surface area contributed by atoms with Crippen LogP contribution in [0.3, 0.4) is 0 Å². The summed E-state index contributed by atoms with van der Waals surface area (Å²) in [6, 6.07) is 3.96. The van der Waals surface area contributed by atoms with E-state index in [0.29, 0.717) is 36.1 Å². The first kappa shape index (κ1) is 23.0. The molecule has 1 aromatic heterocycles. The summed E-state index contributed by atoms with van der Waals surface area (Å²) in [5, 5.41) is 0.700. The van der Waals surface area contributed by atoms with Gasteiger partial charge in [0.2, 0.25) is 0 Å². The van der Waals surface area contributed by atoms with E-state index in [1.165, 1.54) is 11.8 Å². The minimum Gasteiger partial charge on any atom is -0.493 e. The van der Waals surface area contributed by atoms with Gasteiger partial charge in [-0.25, -0.2) is 9.97 Å². The molecule has 0 spiro atoms. The van der Waals surface area contributed by atoms with E-state index in [4.69, 9.17) is 18.6 Å². The van der Waals surface area contributed by atoms with Crippen molar-refractivity contribution in [2.24, 2.45) is 4.99 Å². The van der Waals surface area contributed by atoms with Crippen LogP contribution in [-0.2, 0) is 14.3 Å². The molecule has 32 heavy (non-hydrogen) atoms. The minimum absolute atomic E-state index is 0.0139. The minimum atomic E-state index is -3.53. The molecule has 4 rings (SSSR count). The number of nitrogens with zero attached hydrogens (tertiary/aromatic N) is 3. The number of rotatable bonds is 7. The fourth-order valence-electron chi connectivity index (χ4n) is 4.46. The molecule has 1 aromatic carbocycles. The van der Waals surface area contributed by atoms with E-state index < -0.39 is 10.1 Å². The van der Waals surface area contributed by atoms with E-state index in [0.717, 1.165) is 35.1 Å². The number of fused-ring (bicyclic) bond motifs is 3. The van der Waals surface area contributed by atoms with Crippen molar-refractivity contribution >= 4 is 27.6 Å². The molecule has 2 heterocycles. The monoisotopic (exact) mass is 477 g/mol. The van der Waals surface area contributed by atoms with Crippen LogP contribution in [0, 0.1) is 0 Å². The van der Waals surface area contributed by atoms with Crippen molar-refractivity contribution in [3.05, 3.63) is 41.2 Å². The van der Waals surface area contributed by atoms with Crippen LogP contribution in [0.4, 0.5) is 0 Å². The molecule has 8 nitrogen and oxygen atoms in total. The molecule has 1 fully saturated rings. The molecule has 0 amide bonds. The number of ether oxygens (including phenoxy) is 2. The molecule has 0 bridgehead atoms. The predicted molar refractivity (Wildman–Crippen MR) is 124 cm³/mol. The highest BCUT2D eigenvalue weighted by Gasteiger charge is 2.39. The Morgan fingerprint density at radius 1 is 1.16 bits per heavy atom. The molecule has 2 aromatic rings. The molecule has 0 radical (unpaired) electrons. The van der Waals surface area contributed by atoms with Crippen molar-refractivity contribution < 1.29 is 22.1 Å². The summed E-state index contributed by atoms with van der Waals surface area (Å²) in [5.41, 5.74) is 3.63. The van der Waals surface area contributed by atoms with Crippen molar-refractivity contribution in [3.63, 3.8) is 0 Å². The Balaban J connectivity index is 1.80. The average molecular weight is 478 g/mol. The van der Waals surface area contributed by atoms with Crippen LogP contribution < -0.4 is 9.47 Å². The summed E-state index contributed by atoms with van der Waals surface area (Å²) >= 11 is 1.48. The maximum atomic E-state index is 11.7. The van der Waals surface area contributed by atoms with Gasteiger partial charge < -0.3 is 9.47 Å². The number of hydrogen-bond acceptors (Lipinski definition) is 9. The summed E-state index contributed by atoms with van der Waals surface area (Å²) in [4.78, 5) is 13.9. The van der Waals surface area contributed by atoms with E-state index in [1.807, 2.05) is 25.3 Å². The molecule has 2 aliphatic rings. The normalized spacial score (nSPS) is 22.5. The predicted octanol–water partition coefficient (Wildman–Crippen LogP) is 3.44. The largest absolute Gasteiger partial charge is 0.493 e. The molecule has 1 aliphatic heterocycles. The maximum absolute atomic E-state index is 11.7. The molecular formula is C22H27N3O5S2. The van der Waals surface area contributed by atoms with Gasteiger partial charge in [0, 0.05) is 29.4 Å². The molecule has 172 valence electrons. The van der Waals surface area contributed by atoms with Gasteiger partial charge in [0.15, 0.2) is 16.7 Å². The van der Waals surface area contributed by atoms with E-state index >= 15 is 0 Å². The highest BCUT2D eigenvalue weighted by atomic mass is 32.2. The Labute approximate surface area is 192 Å². The zero-order chi connectivity index (χ0) is 22.9. The van der Waals surface area contributed by atoms with Crippen LogP contribution in [0.1, 0.15) is 48.8 Å². The second-order valence-corrected chi connectivity index (χ2v) is 10.2. The lowest BCUT2D eigenvalue weighted by molar-refractivity contribution is 0.141. The SMILES string of the molecule is CCOc1cc2c(cc1OC)C(c1cnc(SC)nc1)=N[C@@H]1CC[C@@H](OS(C)(=O)=O)C[C@H]21. The van der Waals surface area contributed by atoms with Gasteiger partial charge in [-0.05, 0) is 50.1 Å². The lowest BCUT2D eigenvalue weighted by atomic mass is 9.74. The topological polar surface area (TPSA) is 100.0 Å². The van der Waals surface area contributed by atoms with Gasteiger partial charge in [0.25, 0.3) is 10.1 Å². The van der Waals surface area contributed by atoms with Gasteiger partial charge in [-0.1, -0.05) is 11.8 Å². The van der Waals surface area contributed by atoms with Gasteiger partial charge in [-0.3, -0.25) is 9.18 Å². The smallest absolute Gasteiger partial charge is 0.264 e. The second kappa shape index (κ2) is 9.36. The number of benzene rings is 1. The lowest BCUT2D eigenvalue weighted by Crippen LogP contribution is -2.36. The molecule has 1 saturated carbocycles. The number of aliphatic imine (C=N–C) groups is 1. The van der Waals surface area contributed by atoms with Gasteiger partial charge in [0.05, 0.1) is 37.8 Å². The summed E-state index contributed by atoms with van der Waals surface area (Å²) in [5.74, 6) is 1.30. The van der Waals surface area contributed by atoms with E-state index in [-0.39, 0.29) is 18.1 Å². The van der Waals surface area contributed by atoms with Crippen molar-refractivity contribution in [2.45, 2.75) is 49.4 Å². The van der Waals surface area contributed by atoms with E-state index in [2.05, 4.69) is 9.97 Å². The Bertz CT molecular complexity index is 1120. The van der Waals surface area contributed by atoms with Crippen molar-refractivity contribution in [3.8, 4) is 11.5 Å². The first-order chi connectivity index (χ1) is 15.3. The third kappa shape index (κ3) is 4.77. The quantitative estimate of drug-likeness (QED) is 0.340. The van der Waals surface area contributed by atoms with Crippen LogP contribution in [0.15, 0.2) is 34.7 Å². The first-order valence-electron chi connectivity index (χ1n) is 10.5. The van der Waals surface area contributed by atoms with E-state index in [1.54, 1.807) is 19.5 Å². The van der Waals surface area contributed by atoms with Gasteiger partial charge >= 0.3 is 0 Å². The fraction of sp³-hybridized carbons (Fsp3) is 0.500. The zero-order valence-corrected chi connectivity index (χ0v) is 20.2. The Hall–Kier alpha value is -2.17. The molecule has 0 saturated heterocycles. The summed E-state index contributed by atoms with van der Waals surface area (Å²) in [6.07, 6.45) is 8.19. The Kier molecular flexibility index (Phi) is 6.73. The number of hydrogen-bond donors (Lipinski definition) is 0. The summed E-state index contributed by atoms with van der Waals surface area (Å²) < 4.78 is 40.2. The standard InChI is InChI=1S/C22H27N3O5S2/c1-5-29-20-9-15-16-8-14(30-32(4,26)27)6-7-18(16)25-21(17(15)10-19(20)28-2)13-11-23-22(31-3)24-12-13/h9-12,14,16,18H,5-8H2,1-4H3/t14-,16-,18-/m1/s1. The van der Waals surface area contributed by atoms with Gasteiger partial charge in [0.1, 0.15) is 0 Å². The first-order valence-corrected chi connectivity index (χ1v) is 13.5. The molecular weight excluding hydrogens is 450 g/mol. The summed E-state index contributed by atoms with van der Waals surface area (Å²) in [7, 11) is -1.92. The van der Waals surface area contributed by atoms with Crippen LogP contribution in [0.2, 0.25) is 0 Å². The van der Waals surface area contributed by atoms with Crippen LogP contribution in [0.5, 0.6) is 11.5 Å². The Morgan fingerprint density at radius 3 is 2.53 bits per heavy atom. The van der Waals surface area contributed by atoms with Gasteiger partial charge in [-0.2, -0.15) is 8.42 Å². The van der Waals surface area contributed by atoms with E-state index in [9.17, 15) is 8.42 Å². The van der Waals surface area contributed by atoms with Crippen molar-refractivity contribution in [1.82, 2.24) is 9.97 Å². The molecule has 3 atom stereocenters. The maximum Gasteiger partial charge on any atom is 0.264 e.